The van der Waals surface area contributed by atoms with E-state index < -0.39 is 17.9 Å². The first kappa shape index (κ1) is 11.7. The molecule has 0 heterocycles. The van der Waals surface area contributed by atoms with E-state index in [-0.39, 0.29) is 12.2 Å². The Morgan fingerprint density at radius 1 is 1.46 bits per heavy atom. The summed E-state index contributed by atoms with van der Waals surface area (Å²) in [5, 5.41) is 11.2. The first-order valence-electron chi connectivity index (χ1n) is 4.09. The SMILES string of the molecule is CCC(=O)CC(N=O)C(C)C(=O)O. The van der Waals surface area contributed by atoms with Crippen LogP contribution in [-0.2, 0) is 9.59 Å². The van der Waals surface area contributed by atoms with Crippen LogP contribution in [0.4, 0.5) is 0 Å². The van der Waals surface area contributed by atoms with Crippen LogP contribution < -0.4 is 0 Å². The van der Waals surface area contributed by atoms with Gasteiger partial charge in [0.1, 0.15) is 11.8 Å². The zero-order chi connectivity index (χ0) is 10.4. The van der Waals surface area contributed by atoms with Crippen molar-refractivity contribution in [3.05, 3.63) is 4.91 Å². The van der Waals surface area contributed by atoms with Crippen molar-refractivity contribution in [3.63, 3.8) is 0 Å². The Morgan fingerprint density at radius 2 is 2.00 bits per heavy atom. The quantitative estimate of drug-likeness (QED) is 0.633. The Bertz CT molecular complexity index is 214. The Morgan fingerprint density at radius 3 is 2.31 bits per heavy atom. The normalized spacial score (nSPS) is 14.6. The third-order valence-corrected chi connectivity index (χ3v) is 1.93. The van der Waals surface area contributed by atoms with Crippen molar-refractivity contribution in [2.75, 3.05) is 0 Å². The maximum atomic E-state index is 10.9. The molecule has 0 bridgehead atoms. The molecule has 1 N–H and O–H groups in total. The minimum absolute atomic E-state index is 0.0759. The first-order valence-corrected chi connectivity index (χ1v) is 4.09. The molecule has 0 amide bonds. The molecule has 0 aliphatic rings. The highest BCUT2D eigenvalue weighted by Gasteiger charge is 2.26. The van der Waals surface area contributed by atoms with E-state index >= 15 is 0 Å². The molecule has 0 rings (SSSR count). The lowest BCUT2D eigenvalue weighted by molar-refractivity contribution is -0.141. The summed E-state index contributed by atoms with van der Waals surface area (Å²) in [7, 11) is 0. The number of aliphatic carboxylic acids is 1. The molecule has 0 aromatic rings. The van der Waals surface area contributed by atoms with Gasteiger partial charge in [0.25, 0.3) is 0 Å². The van der Waals surface area contributed by atoms with Crippen molar-refractivity contribution < 1.29 is 14.7 Å². The maximum absolute atomic E-state index is 10.9. The number of rotatable bonds is 6. The zero-order valence-electron chi connectivity index (χ0n) is 7.69. The summed E-state index contributed by atoms with van der Waals surface area (Å²) in [6.45, 7) is 3.03. The van der Waals surface area contributed by atoms with E-state index in [1.165, 1.54) is 6.92 Å². The topological polar surface area (TPSA) is 83.8 Å². The van der Waals surface area contributed by atoms with Gasteiger partial charge in [-0.3, -0.25) is 9.59 Å². The fourth-order valence-corrected chi connectivity index (χ4v) is 0.848. The molecule has 0 aromatic heterocycles. The Kier molecular flexibility index (Phi) is 4.87. The predicted octanol–water partition coefficient (Wildman–Crippen LogP) is 1.21. The summed E-state index contributed by atoms with van der Waals surface area (Å²) in [4.78, 5) is 31.6. The van der Waals surface area contributed by atoms with E-state index in [1.807, 2.05) is 0 Å². The number of Topliss-reactive ketones (excluding diaryl/α,β-unsaturated/α-hetero) is 1. The zero-order valence-corrected chi connectivity index (χ0v) is 7.69. The Labute approximate surface area is 76.1 Å². The molecule has 5 nitrogen and oxygen atoms in total. The second-order valence-corrected chi connectivity index (χ2v) is 2.90. The second kappa shape index (κ2) is 5.40. The van der Waals surface area contributed by atoms with Gasteiger partial charge in [-0.2, -0.15) is 4.91 Å². The third kappa shape index (κ3) is 3.78. The standard InChI is InChI=1S/C8H13NO4/c1-3-6(10)4-7(9-13)5(2)8(11)12/h5,7H,3-4H2,1-2H3,(H,11,12). The van der Waals surface area contributed by atoms with Gasteiger partial charge >= 0.3 is 5.97 Å². The number of nitrogens with zero attached hydrogens (tertiary/aromatic N) is 1. The van der Waals surface area contributed by atoms with Gasteiger partial charge in [0.15, 0.2) is 0 Å². The highest BCUT2D eigenvalue weighted by molar-refractivity contribution is 5.80. The van der Waals surface area contributed by atoms with E-state index in [1.54, 1.807) is 6.92 Å². The summed E-state index contributed by atoms with van der Waals surface area (Å²) in [5.74, 6) is -2.14. The van der Waals surface area contributed by atoms with Crippen LogP contribution in [0.25, 0.3) is 0 Å². The monoisotopic (exact) mass is 187 g/mol. The van der Waals surface area contributed by atoms with Crippen molar-refractivity contribution in [2.45, 2.75) is 32.7 Å². The van der Waals surface area contributed by atoms with Crippen LogP contribution in [0.5, 0.6) is 0 Å². The lowest BCUT2D eigenvalue weighted by atomic mass is 9.97. The molecule has 13 heavy (non-hydrogen) atoms. The summed E-state index contributed by atoms with van der Waals surface area (Å²) in [5.41, 5.74) is 0. The van der Waals surface area contributed by atoms with E-state index in [9.17, 15) is 14.5 Å². The molecule has 0 aromatic carbocycles. The van der Waals surface area contributed by atoms with Crippen molar-refractivity contribution in [1.29, 1.82) is 0 Å². The average Bonchev–Trinajstić information content (AvgIpc) is 2.12. The van der Waals surface area contributed by atoms with Crippen LogP contribution in [0, 0.1) is 10.8 Å². The molecule has 0 spiro atoms. The molecule has 0 radical (unpaired) electrons. The molecular weight excluding hydrogens is 174 g/mol. The number of carboxylic acids is 1. The van der Waals surface area contributed by atoms with Gasteiger partial charge in [-0.15, -0.1) is 0 Å². The van der Waals surface area contributed by atoms with Crippen LogP contribution in [0.15, 0.2) is 5.18 Å². The molecule has 0 saturated heterocycles. The Hall–Kier alpha value is -1.26. The second-order valence-electron chi connectivity index (χ2n) is 2.90. The lowest BCUT2D eigenvalue weighted by Crippen LogP contribution is -2.26. The van der Waals surface area contributed by atoms with Gasteiger partial charge in [-0.05, 0) is 6.92 Å². The van der Waals surface area contributed by atoms with Crippen molar-refractivity contribution >= 4 is 11.8 Å². The van der Waals surface area contributed by atoms with E-state index in [4.69, 9.17) is 5.11 Å². The molecule has 5 heteroatoms. The number of carbonyl (C=O) groups excluding carboxylic acids is 1. The maximum Gasteiger partial charge on any atom is 0.308 e. The van der Waals surface area contributed by atoms with Crippen molar-refractivity contribution in [3.8, 4) is 0 Å². The van der Waals surface area contributed by atoms with Crippen molar-refractivity contribution in [1.82, 2.24) is 0 Å². The molecule has 2 atom stereocenters. The van der Waals surface area contributed by atoms with Crippen LogP contribution in [0.3, 0.4) is 0 Å². The molecule has 74 valence electrons. The summed E-state index contributed by atoms with van der Waals surface area (Å²) >= 11 is 0. The average molecular weight is 187 g/mol. The van der Waals surface area contributed by atoms with Crippen LogP contribution in [-0.4, -0.2) is 22.9 Å². The molecule has 0 aliphatic heterocycles. The van der Waals surface area contributed by atoms with Gasteiger partial charge in [-0.25, -0.2) is 0 Å². The number of ketones is 1. The van der Waals surface area contributed by atoms with Gasteiger partial charge < -0.3 is 5.11 Å². The number of carbonyl (C=O) groups is 2. The predicted molar refractivity (Wildman–Crippen MR) is 46.3 cm³/mol. The van der Waals surface area contributed by atoms with E-state index in [2.05, 4.69) is 5.18 Å². The van der Waals surface area contributed by atoms with Gasteiger partial charge in [0.05, 0.1) is 5.92 Å². The molecule has 0 aliphatic carbocycles. The molecule has 0 fully saturated rings. The molecule has 2 unspecified atom stereocenters. The van der Waals surface area contributed by atoms with Gasteiger partial charge in [-0.1, -0.05) is 12.1 Å². The highest BCUT2D eigenvalue weighted by Crippen LogP contribution is 2.12. The summed E-state index contributed by atoms with van der Waals surface area (Å²) in [6, 6.07) is -0.940. The first-order chi connectivity index (χ1) is 6.02. The number of hydrogen-bond donors (Lipinski definition) is 1. The lowest BCUT2D eigenvalue weighted by Gasteiger charge is -2.11. The minimum Gasteiger partial charge on any atom is -0.481 e. The largest absolute Gasteiger partial charge is 0.481 e. The smallest absolute Gasteiger partial charge is 0.308 e. The van der Waals surface area contributed by atoms with Crippen LogP contribution in [0.2, 0.25) is 0 Å². The number of nitroso groups, excluding NO2 is 1. The Balaban J connectivity index is 4.25. The highest BCUT2D eigenvalue weighted by atomic mass is 16.4. The van der Waals surface area contributed by atoms with Crippen LogP contribution >= 0.6 is 0 Å². The molecular formula is C8H13NO4. The van der Waals surface area contributed by atoms with Crippen LogP contribution in [0.1, 0.15) is 26.7 Å². The van der Waals surface area contributed by atoms with Gasteiger partial charge in [0.2, 0.25) is 0 Å². The third-order valence-electron chi connectivity index (χ3n) is 1.93. The van der Waals surface area contributed by atoms with E-state index in [0.29, 0.717) is 6.42 Å². The number of carboxylic acid groups (broad SMARTS) is 1. The summed E-state index contributed by atoms with van der Waals surface area (Å²) < 4.78 is 0. The number of hydrogen-bond acceptors (Lipinski definition) is 4. The fraction of sp³-hybridized carbons (Fsp3) is 0.750. The van der Waals surface area contributed by atoms with E-state index in [0.717, 1.165) is 0 Å². The summed E-state index contributed by atoms with van der Waals surface area (Å²) in [6.07, 6.45) is 0.228. The fourth-order valence-electron chi connectivity index (χ4n) is 0.848. The van der Waals surface area contributed by atoms with Gasteiger partial charge in [0, 0.05) is 12.8 Å². The minimum atomic E-state index is -1.10. The molecule has 0 saturated carbocycles. The van der Waals surface area contributed by atoms with Crippen molar-refractivity contribution in [2.24, 2.45) is 11.1 Å².